The van der Waals surface area contributed by atoms with Crippen molar-refractivity contribution in [2.24, 2.45) is 5.92 Å². The highest BCUT2D eigenvalue weighted by Crippen LogP contribution is 2.33. The van der Waals surface area contributed by atoms with Crippen LogP contribution in [0.1, 0.15) is 51.0 Å². The van der Waals surface area contributed by atoms with Crippen LogP contribution in [0.3, 0.4) is 0 Å². The van der Waals surface area contributed by atoms with E-state index in [0.717, 1.165) is 36.8 Å². The van der Waals surface area contributed by atoms with E-state index in [1.807, 2.05) is 32.0 Å². The number of hydrogen-bond acceptors (Lipinski definition) is 5. The normalized spacial score (nSPS) is 15.3. The lowest BCUT2D eigenvalue weighted by atomic mass is 9.87. The summed E-state index contributed by atoms with van der Waals surface area (Å²) < 4.78 is 5.09. The second kappa shape index (κ2) is 9.22. The molecule has 2 aromatic rings. The number of hydrogen-bond donors (Lipinski definition) is 2. The number of fused-ring (bicyclic) bond motifs is 1. The molecule has 0 fully saturated rings. The lowest BCUT2D eigenvalue weighted by Gasteiger charge is -2.19. The molecule has 154 valence electrons. The zero-order valence-electron chi connectivity index (χ0n) is 17.0. The number of ether oxygens (including phenoxy) is 1. The minimum absolute atomic E-state index is 0.501. The SMILES string of the molecule is CC[C@@H]1CCc2sc(C(=O)OCC(=O)NC(=O)Nc3ccc(C)cc3C)cc2C1. The van der Waals surface area contributed by atoms with E-state index in [1.165, 1.54) is 21.8 Å². The maximum atomic E-state index is 12.3. The average molecular weight is 415 g/mol. The highest BCUT2D eigenvalue weighted by molar-refractivity contribution is 7.14. The Morgan fingerprint density at radius 2 is 2.00 bits per heavy atom. The largest absolute Gasteiger partial charge is 0.451 e. The molecule has 1 aliphatic rings. The Kier molecular flexibility index (Phi) is 6.69. The molecular formula is C22H26N2O4S. The van der Waals surface area contributed by atoms with Crippen LogP contribution in [0.5, 0.6) is 0 Å². The van der Waals surface area contributed by atoms with Crippen LogP contribution in [-0.4, -0.2) is 24.5 Å². The predicted octanol–water partition coefficient (Wildman–Crippen LogP) is 4.38. The summed E-state index contributed by atoms with van der Waals surface area (Å²) in [6, 6.07) is 6.80. The quantitative estimate of drug-likeness (QED) is 0.711. The molecule has 0 unspecified atom stereocenters. The van der Waals surface area contributed by atoms with E-state index in [4.69, 9.17) is 4.74 Å². The van der Waals surface area contributed by atoms with Crippen LogP contribution in [-0.2, 0) is 22.4 Å². The number of urea groups is 1. The summed E-state index contributed by atoms with van der Waals surface area (Å²) in [7, 11) is 0. The maximum absolute atomic E-state index is 12.3. The topological polar surface area (TPSA) is 84.5 Å². The standard InChI is InChI=1S/C22H26N2O4S/c1-4-15-6-8-18-16(10-15)11-19(29-18)21(26)28-12-20(25)24-22(27)23-17-7-5-13(2)9-14(17)3/h5,7,9,11,15H,4,6,8,10,12H2,1-3H3,(H2,23,24,25,27)/t15-/m1/s1. The van der Waals surface area contributed by atoms with Gasteiger partial charge in [-0.05, 0) is 62.3 Å². The molecule has 1 atom stereocenters. The summed E-state index contributed by atoms with van der Waals surface area (Å²) in [6.45, 7) is 5.52. The number of rotatable bonds is 5. The number of benzene rings is 1. The summed E-state index contributed by atoms with van der Waals surface area (Å²) in [6.07, 6.45) is 4.27. The van der Waals surface area contributed by atoms with E-state index >= 15 is 0 Å². The van der Waals surface area contributed by atoms with Gasteiger partial charge >= 0.3 is 12.0 Å². The Bertz CT molecular complexity index is 935. The molecular weight excluding hydrogens is 388 g/mol. The Hall–Kier alpha value is -2.67. The minimum atomic E-state index is -0.673. The van der Waals surface area contributed by atoms with Gasteiger partial charge < -0.3 is 10.1 Å². The van der Waals surface area contributed by atoms with E-state index in [-0.39, 0.29) is 0 Å². The van der Waals surface area contributed by atoms with E-state index in [2.05, 4.69) is 17.6 Å². The molecule has 6 nitrogen and oxygen atoms in total. The Morgan fingerprint density at radius 3 is 2.72 bits per heavy atom. The third-order valence-corrected chi connectivity index (χ3v) is 6.40. The van der Waals surface area contributed by atoms with Crippen LogP contribution in [0.15, 0.2) is 24.3 Å². The summed E-state index contributed by atoms with van der Waals surface area (Å²) in [5.74, 6) is -0.530. The minimum Gasteiger partial charge on any atom is -0.451 e. The van der Waals surface area contributed by atoms with Crippen molar-refractivity contribution < 1.29 is 19.1 Å². The zero-order valence-corrected chi connectivity index (χ0v) is 17.8. The van der Waals surface area contributed by atoms with Gasteiger partial charge in [-0.3, -0.25) is 10.1 Å². The number of carbonyl (C=O) groups excluding carboxylic acids is 3. The Balaban J connectivity index is 1.48. The number of carbonyl (C=O) groups is 3. The van der Waals surface area contributed by atoms with Crippen LogP contribution < -0.4 is 10.6 Å². The molecule has 7 heteroatoms. The van der Waals surface area contributed by atoms with Gasteiger partial charge in [0.1, 0.15) is 4.88 Å². The van der Waals surface area contributed by atoms with Crippen molar-refractivity contribution in [1.82, 2.24) is 5.32 Å². The zero-order chi connectivity index (χ0) is 21.0. The molecule has 0 radical (unpaired) electrons. The first kappa shape index (κ1) is 21.0. The van der Waals surface area contributed by atoms with E-state index < -0.39 is 24.5 Å². The smallest absolute Gasteiger partial charge is 0.348 e. The average Bonchev–Trinajstić information content (AvgIpc) is 3.11. The molecule has 3 rings (SSSR count). The molecule has 1 aromatic carbocycles. The van der Waals surface area contributed by atoms with Gasteiger partial charge in [-0.2, -0.15) is 0 Å². The van der Waals surface area contributed by atoms with Crippen molar-refractivity contribution in [2.45, 2.75) is 46.5 Å². The molecule has 29 heavy (non-hydrogen) atoms. The number of anilines is 1. The number of amides is 3. The molecule has 0 saturated heterocycles. The lowest BCUT2D eigenvalue weighted by Crippen LogP contribution is -2.37. The van der Waals surface area contributed by atoms with E-state index in [0.29, 0.717) is 16.5 Å². The van der Waals surface area contributed by atoms with Crippen molar-refractivity contribution in [3.05, 3.63) is 50.7 Å². The van der Waals surface area contributed by atoms with Gasteiger partial charge in [-0.15, -0.1) is 11.3 Å². The Labute approximate surface area is 174 Å². The van der Waals surface area contributed by atoms with Crippen LogP contribution in [0.4, 0.5) is 10.5 Å². The van der Waals surface area contributed by atoms with Gasteiger partial charge in [-0.1, -0.05) is 31.0 Å². The number of imide groups is 1. The third kappa shape index (κ3) is 5.44. The second-order valence-corrected chi connectivity index (χ2v) is 8.61. The summed E-state index contributed by atoms with van der Waals surface area (Å²) in [5, 5.41) is 4.80. The first-order valence-electron chi connectivity index (χ1n) is 9.82. The van der Waals surface area contributed by atoms with Gasteiger partial charge in [-0.25, -0.2) is 9.59 Å². The fraction of sp³-hybridized carbons (Fsp3) is 0.409. The second-order valence-electron chi connectivity index (χ2n) is 7.47. The van der Waals surface area contributed by atoms with Crippen molar-refractivity contribution in [1.29, 1.82) is 0 Å². The van der Waals surface area contributed by atoms with Crippen LogP contribution in [0.25, 0.3) is 0 Å². The lowest BCUT2D eigenvalue weighted by molar-refractivity contribution is -0.123. The van der Waals surface area contributed by atoms with Crippen LogP contribution in [0.2, 0.25) is 0 Å². The molecule has 1 aliphatic carbocycles. The number of esters is 1. The van der Waals surface area contributed by atoms with Crippen molar-refractivity contribution in [3.63, 3.8) is 0 Å². The Morgan fingerprint density at radius 1 is 1.21 bits per heavy atom. The van der Waals surface area contributed by atoms with Gasteiger partial charge in [0.25, 0.3) is 5.91 Å². The fourth-order valence-corrected chi connectivity index (χ4v) is 4.62. The number of aryl methyl sites for hydroxylation is 3. The first-order chi connectivity index (χ1) is 13.9. The molecule has 0 saturated carbocycles. The van der Waals surface area contributed by atoms with Gasteiger partial charge in [0.15, 0.2) is 6.61 Å². The number of nitrogens with one attached hydrogen (secondary N) is 2. The van der Waals surface area contributed by atoms with E-state index in [9.17, 15) is 14.4 Å². The number of thiophene rings is 1. The van der Waals surface area contributed by atoms with Crippen molar-refractivity contribution in [3.8, 4) is 0 Å². The molecule has 2 N–H and O–H groups in total. The van der Waals surface area contributed by atoms with Crippen LogP contribution >= 0.6 is 11.3 Å². The molecule has 0 bridgehead atoms. The molecule has 3 amide bonds. The monoisotopic (exact) mass is 414 g/mol. The first-order valence-corrected chi connectivity index (χ1v) is 10.6. The molecule has 0 aliphatic heterocycles. The van der Waals surface area contributed by atoms with Gasteiger partial charge in [0, 0.05) is 10.6 Å². The third-order valence-electron chi connectivity index (χ3n) is 5.18. The van der Waals surface area contributed by atoms with Gasteiger partial charge in [0.05, 0.1) is 0 Å². The van der Waals surface area contributed by atoms with Crippen LogP contribution in [0, 0.1) is 19.8 Å². The van der Waals surface area contributed by atoms with Gasteiger partial charge in [0.2, 0.25) is 0 Å². The maximum Gasteiger partial charge on any atom is 0.348 e. The molecule has 1 heterocycles. The summed E-state index contributed by atoms with van der Waals surface area (Å²) >= 11 is 1.44. The molecule has 1 aromatic heterocycles. The predicted molar refractivity (Wildman–Crippen MR) is 113 cm³/mol. The van der Waals surface area contributed by atoms with Crippen molar-refractivity contribution >= 4 is 34.9 Å². The summed E-state index contributed by atoms with van der Waals surface area (Å²) in [4.78, 5) is 38.0. The summed E-state index contributed by atoms with van der Waals surface area (Å²) in [5.41, 5.74) is 3.81. The fourth-order valence-electron chi connectivity index (χ4n) is 3.52. The molecule has 0 spiro atoms. The highest BCUT2D eigenvalue weighted by atomic mass is 32.1. The van der Waals surface area contributed by atoms with Crippen molar-refractivity contribution in [2.75, 3.05) is 11.9 Å². The highest BCUT2D eigenvalue weighted by Gasteiger charge is 2.23. The van der Waals surface area contributed by atoms with E-state index in [1.54, 1.807) is 6.07 Å².